The normalized spacial score (nSPS) is 21.1. The third-order valence-corrected chi connectivity index (χ3v) is 7.98. The summed E-state index contributed by atoms with van der Waals surface area (Å²) in [6.07, 6.45) is -6.06. The molecule has 3 heterocycles. The van der Waals surface area contributed by atoms with E-state index in [4.69, 9.17) is 0 Å². The lowest BCUT2D eigenvalue weighted by Gasteiger charge is -2.24. The van der Waals surface area contributed by atoms with E-state index in [0.717, 1.165) is 12.5 Å². The molecule has 0 aliphatic carbocycles. The first-order valence-corrected chi connectivity index (χ1v) is 13.0. The van der Waals surface area contributed by atoms with E-state index < -0.39 is 29.4 Å². The van der Waals surface area contributed by atoms with E-state index in [-0.39, 0.29) is 36.9 Å². The molecule has 1 saturated heterocycles. The topological polar surface area (TPSA) is 82.8 Å². The second kappa shape index (κ2) is 10.6. The van der Waals surface area contributed by atoms with E-state index in [9.17, 15) is 36.2 Å². The summed E-state index contributed by atoms with van der Waals surface area (Å²) in [5.41, 5.74) is -1.97. The molecule has 2 aliphatic rings. The number of thioether (sulfide) groups is 1. The van der Waals surface area contributed by atoms with Crippen molar-refractivity contribution in [3.8, 4) is 0 Å². The van der Waals surface area contributed by atoms with Crippen LogP contribution in [0.3, 0.4) is 0 Å². The van der Waals surface area contributed by atoms with Crippen LogP contribution >= 0.6 is 11.8 Å². The van der Waals surface area contributed by atoms with Gasteiger partial charge in [0.15, 0.2) is 5.17 Å². The minimum atomic E-state index is -4.98. The van der Waals surface area contributed by atoms with Gasteiger partial charge in [-0.2, -0.15) is 36.4 Å². The van der Waals surface area contributed by atoms with Gasteiger partial charge in [-0.15, -0.1) is 0 Å². The van der Waals surface area contributed by atoms with Crippen molar-refractivity contribution >= 4 is 39.8 Å². The molecule has 1 unspecified atom stereocenters. The highest BCUT2D eigenvalue weighted by molar-refractivity contribution is 8.18. The number of likely N-dealkylation sites (N-methyl/N-ethyl adjacent to an activating group) is 1. The average molecular weight is 584 g/mol. The first kappa shape index (κ1) is 28.2. The largest absolute Gasteiger partial charge is 0.416 e. The fourth-order valence-corrected chi connectivity index (χ4v) is 5.67. The van der Waals surface area contributed by atoms with Crippen molar-refractivity contribution < 1.29 is 36.2 Å². The Morgan fingerprint density at radius 2 is 1.93 bits per heavy atom. The van der Waals surface area contributed by atoms with Crippen LogP contribution in [0.1, 0.15) is 28.7 Å². The van der Waals surface area contributed by atoms with Gasteiger partial charge in [-0.05, 0) is 59.7 Å². The first-order chi connectivity index (χ1) is 18.8. The van der Waals surface area contributed by atoms with E-state index in [0.29, 0.717) is 39.2 Å². The number of aliphatic imine (C=N–C) groups is 1. The summed E-state index contributed by atoms with van der Waals surface area (Å²) in [5, 5.41) is 17.8. The van der Waals surface area contributed by atoms with Crippen molar-refractivity contribution in [1.82, 2.24) is 20.0 Å². The van der Waals surface area contributed by atoms with E-state index in [1.54, 1.807) is 24.3 Å². The number of aromatic nitrogens is 2. The smallest absolute Gasteiger partial charge is 0.395 e. The van der Waals surface area contributed by atoms with Crippen molar-refractivity contribution in [3.63, 3.8) is 0 Å². The van der Waals surface area contributed by atoms with Gasteiger partial charge in [0.1, 0.15) is 0 Å². The van der Waals surface area contributed by atoms with Gasteiger partial charge in [-0.25, -0.2) is 0 Å². The van der Waals surface area contributed by atoms with Crippen LogP contribution in [0.5, 0.6) is 0 Å². The van der Waals surface area contributed by atoms with Gasteiger partial charge in [0, 0.05) is 31.1 Å². The van der Waals surface area contributed by atoms with Gasteiger partial charge < -0.3 is 15.3 Å². The van der Waals surface area contributed by atoms with Crippen molar-refractivity contribution in [3.05, 3.63) is 69.8 Å². The molecule has 0 saturated carbocycles. The molecule has 7 nitrogen and oxygen atoms in total. The lowest BCUT2D eigenvalue weighted by Crippen LogP contribution is -2.36. The predicted octanol–water partition coefficient (Wildman–Crippen LogP) is 4.75. The van der Waals surface area contributed by atoms with E-state index in [2.05, 4.69) is 15.4 Å². The van der Waals surface area contributed by atoms with E-state index in [1.165, 1.54) is 22.6 Å². The number of carbonyl (C=O) groups excluding carboxylic acids is 1. The molecule has 3 aromatic rings. The monoisotopic (exact) mass is 583 g/mol. The molecule has 14 heteroatoms. The molecule has 1 amide bonds. The summed E-state index contributed by atoms with van der Waals surface area (Å²) in [6.45, 7) is 0.301. The molecule has 2 N–H and O–H groups in total. The zero-order valence-corrected chi connectivity index (χ0v) is 21.7. The minimum absolute atomic E-state index is 0.00267. The summed E-state index contributed by atoms with van der Waals surface area (Å²) < 4.78 is 81.0. The first-order valence-electron chi connectivity index (χ1n) is 12.2. The third-order valence-electron chi connectivity index (χ3n) is 6.90. The molecule has 0 radical (unpaired) electrons. The number of amidine groups is 1. The molecule has 212 valence electrons. The fraction of sp³-hybridized carbons (Fsp3) is 0.346. The number of fused-ring (bicyclic) bond motifs is 1. The van der Waals surface area contributed by atoms with Crippen molar-refractivity contribution in [2.75, 3.05) is 20.2 Å². The quantitative estimate of drug-likeness (QED) is 0.334. The highest BCUT2D eigenvalue weighted by atomic mass is 32.2. The van der Waals surface area contributed by atoms with Crippen LogP contribution in [-0.4, -0.2) is 63.1 Å². The van der Waals surface area contributed by atoms with E-state index in [1.807, 2.05) is 11.9 Å². The van der Waals surface area contributed by atoms with Crippen molar-refractivity contribution in [2.45, 2.75) is 37.4 Å². The van der Waals surface area contributed by atoms with Crippen molar-refractivity contribution in [2.24, 2.45) is 4.99 Å². The zero-order chi connectivity index (χ0) is 28.8. The number of alkyl halides is 6. The summed E-state index contributed by atoms with van der Waals surface area (Å²) in [5.74, 6) is -0.394. The Morgan fingerprint density at radius 1 is 1.15 bits per heavy atom. The molecular weight excluding hydrogens is 560 g/mol. The minimum Gasteiger partial charge on any atom is -0.395 e. The highest BCUT2D eigenvalue weighted by Gasteiger charge is 2.38. The number of hydrogen-bond acceptors (Lipinski definition) is 6. The lowest BCUT2D eigenvalue weighted by atomic mass is 10.0. The standard InChI is InChI=1S/C26H23F6N5O2S/c1-36(19-9-18(13-38)33-11-19)24-35-23(39)22(40-24)7-14-2-5-21-16(6-14)10-34-37(21)12-15-3-4-17(25(27,28)29)8-20(15)26(30,31)32/h2-8,10,18-19,33,38H,9,11-13H2,1H3/b22-7-/t18-,19?/m0/s1. The lowest BCUT2D eigenvalue weighted by molar-refractivity contribution is -0.143. The number of amides is 1. The molecule has 2 aliphatic heterocycles. The number of aliphatic hydroxyl groups excluding tert-OH is 1. The van der Waals surface area contributed by atoms with E-state index >= 15 is 0 Å². The van der Waals surface area contributed by atoms with Crippen LogP contribution in [0.15, 0.2) is 52.5 Å². The fourth-order valence-electron chi connectivity index (χ4n) is 4.73. The second-order valence-corrected chi connectivity index (χ2v) is 10.6. The van der Waals surface area contributed by atoms with Crippen LogP contribution in [0.4, 0.5) is 26.3 Å². The Kier molecular flexibility index (Phi) is 7.44. The zero-order valence-electron chi connectivity index (χ0n) is 20.9. The molecule has 40 heavy (non-hydrogen) atoms. The SMILES string of the molecule is CN(C1=NC(=O)/C(=C/c2ccc3c(cnn3Cc3ccc(C(F)(F)F)cc3C(F)(F)F)c2)S1)C1CN[C@H](CO)C1. The highest BCUT2D eigenvalue weighted by Crippen LogP contribution is 2.38. The van der Waals surface area contributed by atoms with Gasteiger partial charge in [-0.3, -0.25) is 9.48 Å². The Labute approximate surface area is 228 Å². The van der Waals surface area contributed by atoms with Crippen LogP contribution in [0.2, 0.25) is 0 Å². The molecule has 0 spiro atoms. The summed E-state index contributed by atoms with van der Waals surface area (Å²) in [7, 11) is 1.84. The molecule has 1 fully saturated rings. The number of benzene rings is 2. The van der Waals surface area contributed by atoms with Crippen LogP contribution in [0, 0.1) is 0 Å². The number of hydrogen-bond donors (Lipinski definition) is 2. The number of aliphatic hydroxyl groups is 1. The Bertz CT molecular complexity index is 1510. The molecule has 2 aromatic carbocycles. The number of halogens is 6. The van der Waals surface area contributed by atoms with Crippen LogP contribution < -0.4 is 5.32 Å². The Hall–Kier alpha value is -3.36. The second-order valence-electron chi connectivity index (χ2n) is 9.59. The van der Waals surface area contributed by atoms with Gasteiger partial charge in [0.05, 0.1) is 40.9 Å². The van der Waals surface area contributed by atoms with Gasteiger partial charge in [0.2, 0.25) is 0 Å². The van der Waals surface area contributed by atoms with Gasteiger partial charge in [-0.1, -0.05) is 12.1 Å². The number of nitrogens with zero attached hydrogens (tertiary/aromatic N) is 4. The summed E-state index contributed by atoms with van der Waals surface area (Å²) in [6, 6.07) is 6.66. The molecular formula is C26H23F6N5O2S. The summed E-state index contributed by atoms with van der Waals surface area (Å²) in [4.78, 5) is 19.0. The predicted molar refractivity (Wildman–Crippen MR) is 138 cm³/mol. The number of carbonyl (C=O) groups is 1. The number of nitrogens with one attached hydrogen (secondary N) is 1. The molecule has 1 aromatic heterocycles. The maximum Gasteiger partial charge on any atom is 0.416 e. The molecule has 0 bridgehead atoms. The number of rotatable bonds is 5. The Morgan fingerprint density at radius 3 is 2.60 bits per heavy atom. The Balaban J connectivity index is 1.35. The van der Waals surface area contributed by atoms with Gasteiger partial charge in [0.25, 0.3) is 5.91 Å². The average Bonchev–Trinajstić information content (AvgIpc) is 3.62. The third kappa shape index (κ3) is 5.74. The van der Waals surface area contributed by atoms with Gasteiger partial charge >= 0.3 is 12.4 Å². The molecule has 2 atom stereocenters. The van der Waals surface area contributed by atoms with Crippen molar-refractivity contribution in [1.29, 1.82) is 0 Å². The maximum absolute atomic E-state index is 13.6. The van der Waals surface area contributed by atoms with Crippen LogP contribution in [-0.2, 0) is 23.7 Å². The maximum atomic E-state index is 13.6. The summed E-state index contributed by atoms with van der Waals surface area (Å²) >= 11 is 1.23. The molecule has 5 rings (SSSR count). The van der Waals surface area contributed by atoms with Crippen LogP contribution in [0.25, 0.3) is 17.0 Å².